The van der Waals surface area contributed by atoms with Crippen LogP contribution in [0.15, 0.2) is 41.1 Å². The zero-order valence-corrected chi connectivity index (χ0v) is 15.0. The lowest BCUT2D eigenvalue weighted by Gasteiger charge is -2.03. The molecular weight excluding hydrogens is 363 g/mol. The standard InChI is InChI=1S/C17H16Cl2N4O2/c1-11-5-8-23(21-11)7-2-6-20-17(24)15-10-16(25-22-15)13-4-3-12(18)9-14(13)19/h3-5,8-10H,2,6-7H2,1H3,(H,20,24). The Hall–Kier alpha value is -2.31. The lowest BCUT2D eigenvalue weighted by Crippen LogP contribution is -2.25. The van der Waals surface area contributed by atoms with Gasteiger partial charge in [-0.1, -0.05) is 28.4 Å². The highest BCUT2D eigenvalue weighted by molar-refractivity contribution is 6.36. The van der Waals surface area contributed by atoms with E-state index in [0.29, 0.717) is 27.9 Å². The zero-order chi connectivity index (χ0) is 17.8. The molecule has 0 atom stereocenters. The third-order valence-corrected chi connectivity index (χ3v) is 4.11. The van der Waals surface area contributed by atoms with Crippen molar-refractivity contribution in [1.29, 1.82) is 0 Å². The lowest BCUT2D eigenvalue weighted by molar-refractivity contribution is 0.0943. The number of aryl methyl sites for hydroxylation is 2. The van der Waals surface area contributed by atoms with Crippen LogP contribution < -0.4 is 5.32 Å². The average molecular weight is 379 g/mol. The highest BCUT2D eigenvalue weighted by Gasteiger charge is 2.15. The Morgan fingerprint density at radius 2 is 2.12 bits per heavy atom. The quantitative estimate of drug-likeness (QED) is 0.658. The van der Waals surface area contributed by atoms with Crippen molar-refractivity contribution in [3.63, 3.8) is 0 Å². The van der Waals surface area contributed by atoms with Gasteiger partial charge in [-0.15, -0.1) is 0 Å². The summed E-state index contributed by atoms with van der Waals surface area (Å²) in [5, 5.41) is 11.9. The molecule has 25 heavy (non-hydrogen) atoms. The number of carbonyl (C=O) groups is 1. The molecule has 8 heteroatoms. The maximum atomic E-state index is 12.1. The van der Waals surface area contributed by atoms with Gasteiger partial charge in [-0.2, -0.15) is 5.10 Å². The van der Waals surface area contributed by atoms with Crippen LogP contribution in [0.4, 0.5) is 0 Å². The molecule has 1 N–H and O–H groups in total. The van der Waals surface area contributed by atoms with Crippen molar-refractivity contribution in [3.8, 4) is 11.3 Å². The SMILES string of the molecule is Cc1ccn(CCCNC(=O)c2cc(-c3ccc(Cl)cc3Cl)on2)n1. The molecule has 0 aliphatic heterocycles. The highest BCUT2D eigenvalue weighted by atomic mass is 35.5. The number of hydrogen-bond donors (Lipinski definition) is 1. The fourth-order valence-electron chi connectivity index (χ4n) is 2.32. The summed E-state index contributed by atoms with van der Waals surface area (Å²) in [5.74, 6) is 0.121. The average Bonchev–Trinajstić information content (AvgIpc) is 3.21. The molecule has 1 amide bonds. The Bertz CT molecular complexity index is 888. The van der Waals surface area contributed by atoms with Crippen LogP contribution in [-0.2, 0) is 6.54 Å². The van der Waals surface area contributed by atoms with E-state index in [-0.39, 0.29) is 11.6 Å². The Labute approximate surface area is 154 Å². The number of aromatic nitrogens is 3. The Balaban J connectivity index is 1.55. The molecule has 0 saturated carbocycles. The van der Waals surface area contributed by atoms with E-state index in [1.165, 1.54) is 0 Å². The molecule has 0 radical (unpaired) electrons. The van der Waals surface area contributed by atoms with Crippen molar-refractivity contribution in [2.24, 2.45) is 0 Å². The molecule has 0 aliphatic rings. The van der Waals surface area contributed by atoms with E-state index in [0.717, 1.165) is 18.7 Å². The van der Waals surface area contributed by atoms with Gasteiger partial charge in [-0.3, -0.25) is 9.48 Å². The first kappa shape index (κ1) is 17.5. The predicted octanol–water partition coefficient (Wildman–Crippen LogP) is 3.97. The molecule has 1 aromatic carbocycles. The number of halogens is 2. The third kappa shape index (κ3) is 4.41. The molecule has 2 heterocycles. The first-order valence-electron chi connectivity index (χ1n) is 7.73. The molecule has 2 aromatic heterocycles. The molecule has 0 fully saturated rings. The number of rotatable bonds is 6. The second kappa shape index (κ2) is 7.72. The number of nitrogens with one attached hydrogen (secondary N) is 1. The van der Waals surface area contributed by atoms with Crippen LogP contribution in [0, 0.1) is 6.92 Å². The van der Waals surface area contributed by atoms with Crippen molar-refractivity contribution in [3.05, 3.63) is 58.0 Å². The molecule has 0 unspecified atom stereocenters. The first-order valence-corrected chi connectivity index (χ1v) is 8.49. The summed E-state index contributed by atoms with van der Waals surface area (Å²) >= 11 is 12.0. The van der Waals surface area contributed by atoms with Gasteiger partial charge in [-0.25, -0.2) is 0 Å². The maximum Gasteiger partial charge on any atom is 0.273 e. The van der Waals surface area contributed by atoms with Gasteiger partial charge in [0.15, 0.2) is 11.5 Å². The Morgan fingerprint density at radius 3 is 2.84 bits per heavy atom. The summed E-state index contributed by atoms with van der Waals surface area (Å²) in [7, 11) is 0. The highest BCUT2D eigenvalue weighted by Crippen LogP contribution is 2.30. The summed E-state index contributed by atoms with van der Waals surface area (Å²) in [6.45, 7) is 3.19. The number of hydrogen-bond acceptors (Lipinski definition) is 4. The maximum absolute atomic E-state index is 12.1. The van der Waals surface area contributed by atoms with Crippen molar-refractivity contribution in [2.75, 3.05) is 6.54 Å². The molecule has 130 valence electrons. The zero-order valence-electron chi connectivity index (χ0n) is 13.5. The van der Waals surface area contributed by atoms with Crippen molar-refractivity contribution in [1.82, 2.24) is 20.3 Å². The van der Waals surface area contributed by atoms with Crippen LogP contribution in [0.25, 0.3) is 11.3 Å². The smallest absolute Gasteiger partial charge is 0.273 e. The number of nitrogens with zero attached hydrogens (tertiary/aromatic N) is 3. The molecule has 3 aromatic rings. The van der Waals surface area contributed by atoms with E-state index in [1.54, 1.807) is 24.3 Å². The number of carbonyl (C=O) groups excluding carboxylic acids is 1. The third-order valence-electron chi connectivity index (χ3n) is 3.56. The molecule has 0 saturated heterocycles. The van der Waals surface area contributed by atoms with Crippen molar-refractivity contribution >= 4 is 29.1 Å². The normalized spacial score (nSPS) is 10.8. The summed E-state index contributed by atoms with van der Waals surface area (Å²) in [6.07, 6.45) is 2.68. The topological polar surface area (TPSA) is 73.0 Å². The fourth-order valence-corrected chi connectivity index (χ4v) is 2.82. The number of benzene rings is 1. The van der Waals surface area contributed by atoms with E-state index in [2.05, 4.69) is 15.6 Å². The largest absolute Gasteiger partial charge is 0.355 e. The first-order chi connectivity index (χ1) is 12.0. The molecular formula is C17H16Cl2N4O2. The van der Waals surface area contributed by atoms with Crippen LogP contribution in [0.2, 0.25) is 10.0 Å². The van der Waals surface area contributed by atoms with Gasteiger partial charge in [0.2, 0.25) is 0 Å². The van der Waals surface area contributed by atoms with E-state index in [4.69, 9.17) is 27.7 Å². The van der Waals surface area contributed by atoms with Gasteiger partial charge in [0.1, 0.15) is 0 Å². The van der Waals surface area contributed by atoms with Crippen LogP contribution in [-0.4, -0.2) is 27.4 Å². The van der Waals surface area contributed by atoms with Crippen LogP contribution >= 0.6 is 23.2 Å². The monoisotopic (exact) mass is 378 g/mol. The predicted molar refractivity (Wildman–Crippen MR) is 95.9 cm³/mol. The van der Waals surface area contributed by atoms with Crippen molar-refractivity contribution in [2.45, 2.75) is 19.9 Å². The van der Waals surface area contributed by atoms with E-state index in [1.807, 2.05) is 23.9 Å². The van der Waals surface area contributed by atoms with Gasteiger partial charge in [0, 0.05) is 35.9 Å². The summed E-state index contributed by atoms with van der Waals surface area (Å²) in [5.41, 5.74) is 1.81. The Kier molecular flexibility index (Phi) is 5.40. The number of amides is 1. The van der Waals surface area contributed by atoms with Crippen LogP contribution in [0.3, 0.4) is 0 Å². The van der Waals surface area contributed by atoms with E-state index in [9.17, 15) is 4.79 Å². The summed E-state index contributed by atoms with van der Waals surface area (Å²) < 4.78 is 7.06. The molecule has 6 nitrogen and oxygen atoms in total. The van der Waals surface area contributed by atoms with Crippen LogP contribution in [0.5, 0.6) is 0 Å². The second-order valence-electron chi connectivity index (χ2n) is 5.53. The van der Waals surface area contributed by atoms with Crippen LogP contribution in [0.1, 0.15) is 22.6 Å². The van der Waals surface area contributed by atoms with Gasteiger partial charge in [0.05, 0.1) is 10.7 Å². The summed E-state index contributed by atoms with van der Waals surface area (Å²) in [6, 6.07) is 8.53. The lowest BCUT2D eigenvalue weighted by atomic mass is 10.1. The second-order valence-corrected chi connectivity index (χ2v) is 6.37. The van der Waals surface area contributed by atoms with E-state index >= 15 is 0 Å². The van der Waals surface area contributed by atoms with Gasteiger partial charge in [0.25, 0.3) is 5.91 Å². The molecule has 0 spiro atoms. The van der Waals surface area contributed by atoms with Gasteiger partial charge < -0.3 is 9.84 Å². The Morgan fingerprint density at radius 1 is 1.28 bits per heavy atom. The minimum Gasteiger partial charge on any atom is -0.355 e. The minimum atomic E-state index is -0.295. The minimum absolute atomic E-state index is 0.205. The van der Waals surface area contributed by atoms with Gasteiger partial charge >= 0.3 is 0 Å². The molecule has 3 rings (SSSR count). The van der Waals surface area contributed by atoms with Crippen molar-refractivity contribution < 1.29 is 9.32 Å². The fraction of sp³-hybridized carbons (Fsp3) is 0.235. The van der Waals surface area contributed by atoms with E-state index < -0.39 is 0 Å². The molecule has 0 aliphatic carbocycles. The van der Waals surface area contributed by atoms with Gasteiger partial charge in [-0.05, 0) is 37.6 Å². The molecule has 0 bridgehead atoms. The summed E-state index contributed by atoms with van der Waals surface area (Å²) in [4.78, 5) is 12.1.